The first-order chi connectivity index (χ1) is 6.91. The molecule has 0 saturated carbocycles. The molecule has 11 heavy (non-hydrogen) atoms. The largest absolute Gasteiger partial charge is 0.497 e. The summed E-state index contributed by atoms with van der Waals surface area (Å²) in [7, 11) is 1.20. The molecule has 0 fully saturated rings. The SMILES string of the molecule is [2H]c1c([2H])c(C(=O)O)c([2H])c([2H])c1OC. The maximum Gasteiger partial charge on any atom is 0.335 e. The van der Waals surface area contributed by atoms with E-state index in [1.807, 2.05) is 0 Å². The lowest BCUT2D eigenvalue weighted by molar-refractivity contribution is 0.0697. The van der Waals surface area contributed by atoms with Gasteiger partial charge in [-0.25, -0.2) is 4.79 Å². The van der Waals surface area contributed by atoms with Crippen LogP contribution >= 0.6 is 0 Å². The smallest absolute Gasteiger partial charge is 0.335 e. The van der Waals surface area contributed by atoms with Gasteiger partial charge in [0, 0.05) is 0 Å². The van der Waals surface area contributed by atoms with Crippen LogP contribution in [-0.2, 0) is 0 Å². The summed E-state index contributed by atoms with van der Waals surface area (Å²) >= 11 is 0. The Kier molecular flexibility index (Phi) is 1.04. The van der Waals surface area contributed by atoms with Crippen LogP contribution in [0.25, 0.3) is 0 Å². The molecule has 0 aliphatic carbocycles. The molecule has 0 heterocycles. The van der Waals surface area contributed by atoms with Crippen LogP contribution in [0.4, 0.5) is 0 Å². The first kappa shape index (κ1) is 3.76. The number of aromatic carboxylic acids is 1. The molecule has 1 N–H and O–H groups in total. The fraction of sp³-hybridized carbons (Fsp3) is 0.125. The van der Waals surface area contributed by atoms with Crippen LogP contribution < -0.4 is 4.74 Å². The average molecular weight is 156 g/mol. The minimum atomic E-state index is -1.49. The normalized spacial score (nSPS) is 14.3. The monoisotopic (exact) mass is 156 g/mol. The number of ether oxygens (including phenoxy) is 1. The highest BCUT2D eigenvalue weighted by atomic mass is 16.5. The maximum absolute atomic E-state index is 10.7. The molecule has 0 saturated heterocycles. The minimum absolute atomic E-state index is 0.255. The van der Waals surface area contributed by atoms with Crippen LogP contribution in [0, 0.1) is 0 Å². The Hall–Kier alpha value is -1.51. The van der Waals surface area contributed by atoms with E-state index in [4.69, 9.17) is 10.6 Å². The van der Waals surface area contributed by atoms with Gasteiger partial charge in [-0.2, -0.15) is 0 Å². The third-order valence-electron chi connectivity index (χ3n) is 1.02. The lowest BCUT2D eigenvalue weighted by Crippen LogP contribution is -1.95. The van der Waals surface area contributed by atoms with Crippen molar-refractivity contribution in [2.45, 2.75) is 0 Å². The summed E-state index contributed by atoms with van der Waals surface area (Å²) in [6.07, 6.45) is 0. The van der Waals surface area contributed by atoms with Gasteiger partial charge in [-0.3, -0.25) is 0 Å². The van der Waals surface area contributed by atoms with Crippen LogP contribution in [0.2, 0.25) is 0 Å². The van der Waals surface area contributed by atoms with Crippen LogP contribution in [0.3, 0.4) is 0 Å². The van der Waals surface area contributed by atoms with Gasteiger partial charge >= 0.3 is 5.97 Å². The van der Waals surface area contributed by atoms with Crippen LogP contribution in [-0.4, -0.2) is 18.2 Å². The average Bonchev–Trinajstić information content (AvgIpc) is 2.16. The van der Waals surface area contributed by atoms with Crippen molar-refractivity contribution < 1.29 is 20.1 Å². The molecule has 1 aromatic rings. The van der Waals surface area contributed by atoms with Gasteiger partial charge in [0.25, 0.3) is 0 Å². The number of hydrogen-bond acceptors (Lipinski definition) is 2. The molecular formula is C8H8O3. The maximum atomic E-state index is 10.7. The van der Waals surface area contributed by atoms with Crippen molar-refractivity contribution in [3.05, 3.63) is 29.7 Å². The van der Waals surface area contributed by atoms with E-state index < -0.39 is 35.7 Å². The van der Waals surface area contributed by atoms with E-state index in [0.29, 0.717) is 0 Å². The quantitative estimate of drug-likeness (QED) is 0.703. The lowest BCUT2D eigenvalue weighted by atomic mass is 10.2. The van der Waals surface area contributed by atoms with Gasteiger partial charge in [0.2, 0.25) is 0 Å². The van der Waals surface area contributed by atoms with Gasteiger partial charge in [0.05, 0.1) is 18.2 Å². The molecule has 0 aromatic heterocycles. The Labute approximate surface area is 69.9 Å². The summed E-state index contributed by atoms with van der Waals surface area (Å²) in [5.74, 6) is -1.75. The first-order valence-electron chi connectivity index (χ1n) is 4.79. The molecule has 0 aliphatic heterocycles. The summed E-state index contributed by atoms with van der Waals surface area (Å²) in [5, 5.41) is 8.71. The van der Waals surface area contributed by atoms with Gasteiger partial charge in [0.15, 0.2) is 0 Å². The number of carboxylic acid groups (broad SMARTS) is 1. The molecule has 0 spiro atoms. The Balaban J connectivity index is 3.66. The number of rotatable bonds is 2. The van der Waals surface area contributed by atoms with Crippen molar-refractivity contribution in [1.82, 2.24) is 0 Å². The van der Waals surface area contributed by atoms with Gasteiger partial charge in [-0.15, -0.1) is 0 Å². The molecule has 1 rings (SSSR count). The van der Waals surface area contributed by atoms with E-state index in [2.05, 4.69) is 4.74 Å². The number of methoxy groups -OCH3 is 1. The molecule has 0 amide bonds. The van der Waals surface area contributed by atoms with E-state index in [9.17, 15) is 4.79 Å². The van der Waals surface area contributed by atoms with E-state index >= 15 is 0 Å². The summed E-state index contributed by atoms with van der Waals surface area (Å²) in [6, 6.07) is -2.20. The molecule has 3 nitrogen and oxygen atoms in total. The topological polar surface area (TPSA) is 46.5 Å². The summed E-state index contributed by atoms with van der Waals surface area (Å²) in [4.78, 5) is 10.7. The Bertz CT molecular complexity index is 401. The summed E-state index contributed by atoms with van der Waals surface area (Å²) < 4.78 is 34.2. The number of carbonyl (C=O) groups is 1. The van der Waals surface area contributed by atoms with Gasteiger partial charge in [0.1, 0.15) is 5.75 Å². The molecular weight excluding hydrogens is 144 g/mol. The number of hydrogen-bond donors (Lipinski definition) is 1. The van der Waals surface area contributed by atoms with Crippen LogP contribution in [0.5, 0.6) is 5.75 Å². The molecule has 0 unspecified atom stereocenters. The van der Waals surface area contributed by atoms with E-state index in [1.54, 1.807) is 0 Å². The molecule has 1 aromatic carbocycles. The zero-order valence-corrected chi connectivity index (χ0v) is 5.76. The highest BCUT2D eigenvalue weighted by molar-refractivity contribution is 5.87. The van der Waals surface area contributed by atoms with Gasteiger partial charge in [-0.1, -0.05) is 0 Å². The van der Waals surface area contributed by atoms with Crippen molar-refractivity contribution in [3.8, 4) is 5.75 Å². The van der Waals surface area contributed by atoms with Crippen LogP contribution in [0.15, 0.2) is 24.2 Å². The predicted octanol–water partition coefficient (Wildman–Crippen LogP) is 1.39. The van der Waals surface area contributed by atoms with E-state index in [-0.39, 0.29) is 5.75 Å². The van der Waals surface area contributed by atoms with Crippen molar-refractivity contribution >= 4 is 5.97 Å². The Morgan fingerprint density at radius 1 is 1.55 bits per heavy atom. The minimum Gasteiger partial charge on any atom is -0.497 e. The molecule has 3 heteroatoms. The van der Waals surface area contributed by atoms with Crippen molar-refractivity contribution in [3.63, 3.8) is 0 Å². The van der Waals surface area contributed by atoms with Crippen LogP contribution in [0.1, 0.15) is 15.8 Å². The predicted molar refractivity (Wildman–Crippen MR) is 40.0 cm³/mol. The van der Waals surface area contributed by atoms with Crippen molar-refractivity contribution in [1.29, 1.82) is 0 Å². The third kappa shape index (κ3) is 1.70. The second-order valence-corrected chi connectivity index (χ2v) is 1.71. The van der Waals surface area contributed by atoms with Crippen molar-refractivity contribution in [2.24, 2.45) is 0 Å². The van der Waals surface area contributed by atoms with Crippen molar-refractivity contribution in [2.75, 3.05) is 7.11 Å². The molecule has 0 radical (unpaired) electrons. The summed E-state index contributed by atoms with van der Waals surface area (Å²) in [6.45, 7) is 0. The second-order valence-electron chi connectivity index (χ2n) is 1.71. The van der Waals surface area contributed by atoms with Gasteiger partial charge < -0.3 is 9.84 Å². The zero-order valence-electron chi connectivity index (χ0n) is 9.76. The third-order valence-corrected chi connectivity index (χ3v) is 1.02. The fourth-order valence-corrected chi connectivity index (χ4v) is 0.510. The Morgan fingerprint density at radius 2 is 2.09 bits per heavy atom. The standard InChI is InChI=1S/C8H8O3/c1-11-7-4-2-6(3-5-7)8(9)10/h2-5H,1H3,(H,9,10)/i2D,3D,4D,5D. The molecule has 0 aliphatic rings. The number of benzene rings is 1. The molecule has 58 valence electrons. The molecule has 0 bridgehead atoms. The first-order valence-corrected chi connectivity index (χ1v) is 2.79. The second kappa shape index (κ2) is 3.05. The fourth-order valence-electron chi connectivity index (χ4n) is 0.510. The van der Waals surface area contributed by atoms with Gasteiger partial charge in [-0.05, 0) is 24.2 Å². The number of carboxylic acids is 1. The zero-order chi connectivity index (χ0) is 11.7. The Morgan fingerprint density at radius 3 is 2.45 bits per heavy atom. The highest BCUT2D eigenvalue weighted by Crippen LogP contribution is 2.10. The molecule has 0 atom stereocenters. The van der Waals surface area contributed by atoms with E-state index in [0.717, 1.165) is 0 Å². The highest BCUT2D eigenvalue weighted by Gasteiger charge is 2.00. The lowest BCUT2D eigenvalue weighted by Gasteiger charge is -1.98. The van der Waals surface area contributed by atoms with E-state index in [1.165, 1.54) is 7.11 Å². The summed E-state index contributed by atoms with van der Waals surface area (Å²) in [5.41, 5.74) is -0.647.